The summed E-state index contributed by atoms with van der Waals surface area (Å²) in [4.78, 5) is 42.2. The van der Waals surface area contributed by atoms with Gasteiger partial charge in [-0.05, 0) is 25.0 Å². The SMILES string of the molecule is O=C(Cn1c(=O)n(CC2CCCO2)c(=O)c2ccccc21)Nc1nccs1. The topological polar surface area (TPSA) is 95.2 Å². The smallest absolute Gasteiger partial charge is 0.332 e. The van der Waals surface area contributed by atoms with Crippen molar-refractivity contribution in [2.75, 3.05) is 11.9 Å². The van der Waals surface area contributed by atoms with Crippen LogP contribution in [0.4, 0.5) is 5.13 Å². The van der Waals surface area contributed by atoms with Crippen molar-refractivity contribution in [1.82, 2.24) is 14.1 Å². The Morgan fingerprint density at radius 3 is 2.89 bits per heavy atom. The Balaban J connectivity index is 1.74. The molecule has 0 bridgehead atoms. The lowest BCUT2D eigenvalue weighted by Gasteiger charge is -2.16. The van der Waals surface area contributed by atoms with Gasteiger partial charge in [-0.25, -0.2) is 9.78 Å². The highest BCUT2D eigenvalue weighted by atomic mass is 32.1. The number of carbonyl (C=O) groups excluding carboxylic acids is 1. The van der Waals surface area contributed by atoms with Crippen LogP contribution in [0.2, 0.25) is 0 Å². The fraction of sp³-hybridized carbons (Fsp3) is 0.333. The van der Waals surface area contributed by atoms with Gasteiger partial charge in [-0.3, -0.25) is 18.7 Å². The van der Waals surface area contributed by atoms with Gasteiger partial charge in [0.15, 0.2) is 5.13 Å². The van der Waals surface area contributed by atoms with E-state index >= 15 is 0 Å². The summed E-state index contributed by atoms with van der Waals surface area (Å²) in [6.07, 6.45) is 3.15. The monoisotopic (exact) mass is 386 g/mol. The van der Waals surface area contributed by atoms with Crippen molar-refractivity contribution in [2.24, 2.45) is 0 Å². The van der Waals surface area contributed by atoms with E-state index in [9.17, 15) is 14.4 Å². The molecule has 1 unspecified atom stereocenters. The highest BCUT2D eigenvalue weighted by Gasteiger charge is 2.21. The average molecular weight is 386 g/mol. The zero-order valence-electron chi connectivity index (χ0n) is 14.5. The van der Waals surface area contributed by atoms with Crippen LogP contribution in [-0.2, 0) is 22.6 Å². The van der Waals surface area contributed by atoms with E-state index in [0.29, 0.717) is 22.6 Å². The predicted molar refractivity (Wildman–Crippen MR) is 102 cm³/mol. The standard InChI is InChI=1S/C18H18N4O4S/c23-15(20-17-19-7-9-27-17)11-21-14-6-2-1-5-13(14)16(24)22(18(21)25)10-12-4-3-8-26-12/h1-2,5-7,9,12H,3-4,8,10-11H2,(H,19,20,23). The summed E-state index contributed by atoms with van der Waals surface area (Å²) in [7, 11) is 0. The number of benzene rings is 1. The molecule has 0 radical (unpaired) electrons. The van der Waals surface area contributed by atoms with Crippen molar-refractivity contribution in [2.45, 2.75) is 32.0 Å². The molecule has 2 aromatic heterocycles. The van der Waals surface area contributed by atoms with E-state index in [-0.39, 0.29) is 30.7 Å². The van der Waals surface area contributed by atoms with Crippen molar-refractivity contribution in [1.29, 1.82) is 0 Å². The molecule has 1 aliphatic rings. The quantitative estimate of drug-likeness (QED) is 0.716. The molecule has 0 aliphatic carbocycles. The van der Waals surface area contributed by atoms with Crippen molar-refractivity contribution in [3.63, 3.8) is 0 Å². The van der Waals surface area contributed by atoms with Crippen LogP contribution < -0.4 is 16.6 Å². The van der Waals surface area contributed by atoms with E-state index in [2.05, 4.69) is 10.3 Å². The summed E-state index contributed by atoms with van der Waals surface area (Å²) in [5.41, 5.74) is -0.434. The molecule has 0 saturated carbocycles. The Hall–Kier alpha value is -2.78. The maximum Gasteiger partial charge on any atom is 0.332 e. The third-order valence-electron chi connectivity index (χ3n) is 4.52. The number of aromatic nitrogens is 3. The molecule has 0 spiro atoms. The summed E-state index contributed by atoms with van der Waals surface area (Å²) in [5, 5.41) is 5.28. The van der Waals surface area contributed by atoms with Gasteiger partial charge >= 0.3 is 5.69 Å². The number of thiazole rings is 1. The molecular weight excluding hydrogens is 368 g/mol. The van der Waals surface area contributed by atoms with Gasteiger partial charge in [-0.15, -0.1) is 11.3 Å². The highest BCUT2D eigenvalue weighted by Crippen LogP contribution is 2.14. The number of ether oxygens (including phenoxy) is 1. The Morgan fingerprint density at radius 1 is 1.30 bits per heavy atom. The van der Waals surface area contributed by atoms with E-state index in [1.54, 1.807) is 35.8 Å². The molecule has 1 atom stereocenters. The molecule has 27 heavy (non-hydrogen) atoms. The van der Waals surface area contributed by atoms with Gasteiger partial charge in [0.2, 0.25) is 5.91 Å². The number of anilines is 1. The van der Waals surface area contributed by atoms with Crippen molar-refractivity contribution < 1.29 is 9.53 Å². The molecule has 9 heteroatoms. The second-order valence-corrected chi connectivity index (χ2v) is 7.22. The molecule has 8 nitrogen and oxygen atoms in total. The Bertz CT molecular complexity index is 1080. The number of rotatable bonds is 5. The number of nitrogens with zero attached hydrogens (tertiary/aromatic N) is 3. The summed E-state index contributed by atoms with van der Waals surface area (Å²) >= 11 is 1.29. The largest absolute Gasteiger partial charge is 0.376 e. The van der Waals surface area contributed by atoms with Crippen LogP contribution in [0.1, 0.15) is 12.8 Å². The number of hydrogen-bond donors (Lipinski definition) is 1. The molecule has 3 aromatic rings. The minimum absolute atomic E-state index is 0.158. The van der Waals surface area contributed by atoms with Crippen LogP contribution in [0.15, 0.2) is 45.4 Å². The number of carbonyl (C=O) groups is 1. The minimum Gasteiger partial charge on any atom is -0.376 e. The van der Waals surface area contributed by atoms with E-state index in [4.69, 9.17) is 4.74 Å². The van der Waals surface area contributed by atoms with E-state index < -0.39 is 5.69 Å². The van der Waals surface area contributed by atoms with Crippen molar-refractivity contribution >= 4 is 33.3 Å². The number of hydrogen-bond acceptors (Lipinski definition) is 6. The van der Waals surface area contributed by atoms with E-state index in [1.165, 1.54) is 20.5 Å². The molecule has 1 N–H and O–H groups in total. The van der Waals surface area contributed by atoms with E-state index in [1.807, 2.05) is 0 Å². The maximum absolute atomic E-state index is 13.0. The normalized spacial score (nSPS) is 16.7. The molecule has 1 aliphatic heterocycles. The van der Waals surface area contributed by atoms with Gasteiger partial charge in [0.1, 0.15) is 6.54 Å². The van der Waals surface area contributed by atoms with Crippen LogP contribution in [0.25, 0.3) is 10.9 Å². The second-order valence-electron chi connectivity index (χ2n) is 6.32. The van der Waals surface area contributed by atoms with Crippen molar-refractivity contribution in [3.8, 4) is 0 Å². The maximum atomic E-state index is 13.0. The first-order valence-electron chi connectivity index (χ1n) is 8.67. The Kier molecular flexibility index (Phi) is 4.87. The van der Waals surface area contributed by atoms with Crippen LogP contribution >= 0.6 is 11.3 Å². The fourth-order valence-corrected chi connectivity index (χ4v) is 3.81. The van der Waals surface area contributed by atoms with Gasteiger partial charge in [0.05, 0.1) is 23.6 Å². The third-order valence-corrected chi connectivity index (χ3v) is 5.21. The van der Waals surface area contributed by atoms with Crippen LogP contribution in [0.3, 0.4) is 0 Å². The van der Waals surface area contributed by atoms with Gasteiger partial charge in [-0.1, -0.05) is 12.1 Å². The first-order chi connectivity index (χ1) is 13.1. The van der Waals surface area contributed by atoms with Crippen LogP contribution in [-0.4, -0.2) is 32.7 Å². The lowest BCUT2D eigenvalue weighted by atomic mass is 10.2. The summed E-state index contributed by atoms with van der Waals surface area (Å²) in [5.74, 6) is -0.375. The lowest BCUT2D eigenvalue weighted by molar-refractivity contribution is -0.116. The van der Waals surface area contributed by atoms with Crippen molar-refractivity contribution in [3.05, 3.63) is 56.7 Å². The van der Waals surface area contributed by atoms with Crippen LogP contribution in [0.5, 0.6) is 0 Å². The van der Waals surface area contributed by atoms with Gasteiger partial charge in [0.25, 0.3) is 5.56 Å². The second kappa shape index (κ2) is 7.45. The molecule has 140 valence electrons. The number of nitrogens with one attached hydrogen (secondary N) is 1. The molecular formula is C18H18N4O4S. The van der Waals surface area contributed by atoms with Gasteiger partial charge in [0, 0.05) is 18.2 Å². The van der Waals surface area contributed by atoms with Gasteiger partial charge in [-0.2, -0.15) is 0 Å². The molecule has 1 amide bonds. The molecule has 1 aromatic carbocycles. The first-order valence-corrected chi connectivity index (χ1v) is 9.55. The average Bonchev–Trinajstić information content (AvgIpc) is 3.36. The summed E-state index contributed by atoms with van der Waals surface area (Å²) in [6, 6.07) is 6.81. The molecule has 1 saturated heterocycles. The predicted octanol–water partition coefficient (Wildman–Crippen LogP) is 1.44. The van der Waals surface area contributed by atoms with E-state index in [0.717, 1.165) is 12.8 Å². The fourth-order valence-electron chi connectivity index (χ4n) is 3.26. The minimum atomic E-state index is -0.511. The molecule has 3 heterocycles. The Labute approximate surface area is 158 Å². The van der Waals surface area contributed by atoms with Crippen LogP contribution in [0, 0.1) is 0 Å². The number of amides is 1. The molecule has 4 rings (SSSR count). The zero-order valence-corrected chi connectivity index (χ0v) is 15.3. The summed E-state index contributed by atoms with van der Waals surface area (Å²) in [6.45, 7) is 0.624. The molecule has 1 fully saturated rings. The summed E-state index contributed by atoms with van der Waals surface area (Å²) < 4.78 is 8.08. The highest BCUT2D eigenvalue weighted by molar-refractivity contribution is 7.13. The first kappa shape index (κ1) is 17.6. The van der Waals surface area contributed by atoms with Gasteiger partial charge < -0.3 is 10.1 Å². The number of para-hydroxylation sites is 1. The zero-order chi connectivity index (χ0) is 18.8. The Morgan fingerprint density at radius 2 is 2.15 bits per heavy atom. The lowest BCUT2D eigenvalue weighted by Crippen LogP contribution is -2.43. The third kappa shape index (κ3) is 3.56. The number of fused-ring (bicyclic) bond motifs is 1.